The van der Waals surface area contributed by atoms with Crippen LogP contribution in [0.2, 0.25) is 5.02 Å². The molecule has 0 bridgehead atoms. The lowest BCUT2D eigenvalue weighted by molar-refractivity contribution is -0.119. The first kappa shape index (κ1) is 20.4. The summed E-state index contributed by atoms with van der Waals surface area (Å²) >= 11 is 6.26. The highest BCUT2D eigenvalue weighted by atomic mass is 35.5. The van der Waals surface area contributed by atoms with Gasteiger partial charge in [-0.3, -0.25) is 9.59 Å². The van der Waals surface area contributed by atoms with E-state index < -0.39 is 27.8 Å². The summed E-state index contributed by atoms with van der Waals surface area (Å²) in [4.78, 5) is 24.9. The van der Waals surface area contributed by atoms with Crippen LogP contribution in [-0.4, -0.2) is 26.0 Å². The molecule has 1 heterocycles. The van der Waals surface area contributed by atoms with Crippen molar-refractivity contribution in [3.63, 3.8) is 0 Å². The number of carbonyl (C=O) groups is 2. The van der Waals surface area contributed by atoms with Crippen LogP contribution in [0, 0.1) is 26.7 Å². The number of benzene rings is 2. The van der Waals surface area contributed by atoms with E-state index in [0.717, 1.165) is 21.0 Å². The molecule has 148 valence electrons. The minimum Gasteiger partial charge on any atom is -0.321 e. The lowest BCUT2D eigenvalue weighted by Gasteiger charge is -2.17. The zero-order valence-corrected chi connectivity index (χ0v) is 17.6. The molecule has 3 rings (SSSR count). The van der Waals surface area contributed by atoms with Crippen LogP contribution in [0.5, 0.6) is 0 Å². The number of halogens is 1. The first-order valence-corrected chi connectivity index (χ1v) is 10.8. The highest BCUT2D eigenvalue weighted by Gasteiger charge is 2.42. The number of aryl methyl sites for hydroxylation is 3. The van der Waals surface area contributed by atoms with Crippen LogP contribution in [0.15, 0.2) is 30.3 Å². The van der Waals surface area contributed by atoms with Crippen molar-refractivity contribution in [2.45, 2.75) is 27.7 Å². The fraction of sp³-hybridized carbons (Fsp3) is 0.300. The van der Waals surface area contributed by atoms with Crippen molar-refractivity contribution in [2.24, 2.45) is 5.92 Å². The summed E-state index contributed by atoms with van der Waals surface area (Å²) in [5, 5.41) is 2.93. The third-order valence-corrected chi connectivity index (χ3v) is 6.89. The molecule has 1 N–H and O–H groups in total. The molecule has 1 saturated heterocycles. The van der Waals surface area contributed by atoms with Gasteiger partial charge in [0.25, 0.3) is 5.91 Å². The van der Waals surface area contributed by atoms with Gasteiger partial charge in [-0.2, -0.15) is 0 Å². The van der Waals surface area contributed by atoms with Crippen molar-refractivity contribution in [3.05, 3.63) is 57.6 Å². The zero-order valence-electron chi connectivity index (χ0n) is 16.0. The van der Waals surface area contributed by atoms with Crippen LogP contribution in [0.1, 0.15) is 34.0 Å². The summed E-state index contributed by atoms with van der Waals surface area (Å²) in [5.41, 5.74) is 4.01. The maximum Gasteiger partial charge on any atom is 0.257 e. The molecule has 1 aliphatic heterocycles. The number of nitrogens with one attached hydrogen (secondary N) is 1. The molecule has 28 heavy (non-hydrogen) atoms. The summed E-state index contributed by atoms with van der Waals surface area (Å²) in [6, 6.07) is 8.12. The molecule has 1 atom stereocenters. The number of amides is 2. The smallest absolute Gasteiger partial charge is 0.257 e. The Bertz CT molecular complexity index is 1070. The zero-order chi connectivity index (χ0) is 20.8. The Labute approximate surface area is 169 Å². The number of sulfonamides is 1. The predicted octanol–water partition coefficient (Wildman–Crippen LogP) is 3.83. The van der Waals surface area contributed by atoms with Crippen LogP contribution in [0.25, 0.3) is 0 Å². The first-order chi connectivity index (χ1) is 13.0. The Morgan fingerprint density at radius 1 is 1.14 bits per heavy atom. The standard InChI is InChI=1S/C20H21ClN2O4S/c1-11-7-12(2)18(13(3)8-11)22-19(24)16-6-5-15(9-17(16)21)23-20(25)14(4)10-28(23,26)27/h5-9,14H,10H2,1-4H3,(H,22,24)/t14-/m0/s1. The molecule has 8 heteroatoms. The summed E-state index contributed by atoms with van der Waals surface area (Å²) < 4.78 is 25.2. The maximum atomic E-state index is 12.7. The van der Waals surface area contributed by atoms with Gasteiger partial charge in [0.1, 0.15) is 0 Å². The van der Waals surface area contributed by atoms with Gasteiger partial charge in [-0.15, -0.1) is 0 Å². The second-order valence-electron chi connectivity index (χ2n) is 7.17. The van der Waals surface area contributed by atoms with Gasteiger partial charge >= 0.3 is 0 Å². The van der Waals surface area contributed by atoms with Crippen molar-refractivity contribution in [1.82, 2.24) is 0 Å². The highest BCUT2D eigenvalue weighted by Crippen LogP contribution is 2.32. The number of carbonyl (C=O) groups excluding carboxylic acids is 2. The van der Waals surface area contributed by atoms with Gasteiger partial charge in [-0.1, -0.05) is 36.2 Å². The Morgan fingerprint density at radius 2 is 1.75 bits per heavy atom. The molecule has 0 unspecified atom stereocenters. The Morgan fingerprint density at radius 3 is 2.25 bits per heavy atom. The number of nitrogens with zero attached hydrogens (tertiary/aromatic N) is 1. The molecule has 1 fully saturated rings. The van der Waals surface area contributed by atoms with E-state index in [9.17, 15) is 18.0 Å². The largest absolute Gasteiger partial charge is 0.321 e. The van der Waals surface area contributed by atoms with E-state index in [1.807, 2.05) is 32.9 Å². The SMILES string of the molecule is Cc1cc(C)c(NC(=O)c2ccc(N3C(=O)[C@@H](C)CS3(=O)=O)cc2Cl)c(C)c1. The molecule has 2 aromatic carbocycles. The molecule has 0 saturated carbocycles. The minimum atomic E-state index is -3.73. The fourth-order valence-electron chi connectivity index (χ4n) is 3.46. The molecule has 0 radical (unpaired) electrons. The monoisotopic (exact) mass is 420 g/mol. The molecule has 0 aliphatic carbocycles. The number of rotatable bonds is 3. The highest BCUT2D eigenvalue weighted by molar-refractivity contribution is 7.94. The molecule has 0 aromatic heterocycles. The van der Waals surface area contributed by atoms with E-state index in [2.05, 4.69) is 5.32 Å². The summed E-state index contributed by atoms with van der Waals surface area (Å²) in [5.74, 6) is -1.76. The van der Waals surface area contributed by atoms with Gasteiger partial charge in [0.05, 0.1) is 27.9 Å². The van der Waals surface area contributed by atoms with E-state index >= 15 is 0 Å². The van der Waals surface area contributed by atoms with Gasteiger partial charge in [-0.25, -0.2) is 12.7 Å². The Balaban J connectivity index is 1.91. The molecule has 0 spiro atoms. The third-order valence-electron chi connectivity index (χ3n) is 4.71. The molecule has 2 aromatic rings. The maximum absolute atomic E-state index is 12.7. The van der Waals surface area contributed by atoms with Crippen LogP contribution in [0.4, 0.5) is 11.4 Å². The molecular formula is C20H21ClN2O4S. The Kier molecular flexibility index (Phi) is 5.25. The molecule has 1 aliphatic rings. The van der Waals surface area contributed by atoms with Gasteiger partial charge in [-0.05, 0) is 50.1 Å². The van der Waals surface area contributed by atoms with Crippen molar-refractivity contribution in [2.75, 3.05) is 15.4 Å². The van der Waals surface area contributed by atoms with Gasteiger partial charge < -0.3 is 5.32 Å². The minimum absolute atomic E-state index is 0.0694. The average molecular weight is 421 g/mol. The quantitative estimate of drug-likeness (QED) is 0.817. The second kappa shape index (κ2) is 7.22. The topological polar surface area (TPSA) is 83.6 Å². The normalized spacial score (nSPS) is 18.4. The molecule has 2 amide bonds. The first-order valence-electron chi connectivity index (χ1n) is 8.77. The van der Waals surface area contributed by atoms with Crippen molar-refractivity contribution < 1.29 is 18.0 Å². The second-order valence-corrected chi connectivity index (χ2v) is 9.44. The lowest BCUT2D eigenvalue weighted by atomic mass is 10.0. The van der Waals surface area contributed by atoms with Crippen molar-refractivity contribution >= 4 is 44.8 Å². The van der Waals surface area contributed by atoms with E-state index in [1.165, 1.54) is 18.2 Å². The number of anilines is 2. The predicted molar refractivity (Wildman–Crippen MR) is 110 cm³/mol. The van der Waals surface area contributed by atoms with Crippen LogP contribution in [0.3, 0.4) is 0 Å². The van der Waals surface area contributed by atoms with E-state index in [4.69, 9.17) is 11.6 Å². The van der Waals surface area contributed by atoms with E-state index in [-0.39, 0.29) is 22.0 Å². The lowest BCUT2D eigenvalue weighted by Crippen LogP contribution is -2.30. The van der Waals surface area contributed by atoms with Crippen LogP contribution in [-0.2, 0) is 14.8 Å². The molecule has 6 nitrogen and oxygen atoms in total. The van der Waals surface area contributed by atoms with E-state index in [1.54, 1.807) is 6.92 Å². The summed E-state index contributed by atoms with van der Waals surface area (Å²) in [7, 11) is -3.73. The van der Waals surface area contributed by atoms with Crippen LogP contribution < -0.4 is 9.62 Å². The van der Waals surface area contributed by atoms with Crippen molar-refractivity contribution in [1.29, 1.82) is 0 Å². The van der Waals surface area contributed by atoms with Gasteiger partial charge in [0.2, 0.25) is 15.9 Å². The van der Waals surface area contributed by atoms with E-state index in [0.29, 0.717) is 5.69 Å². The Hall–Kier alpha value is -2.38. The third kappa shape index (κ3) is 3.64. The van der Waals surface area contributed by atoms with Crippen molar-refractivity contribution in [3.8, 4) is 0 Å². The molecular weight excluding hydrogens is 400 g/mol. The number of hydrogen-bond acceptors (Lipinski definition) is 4. The number of hydrogen-bond donors (Lipinski definition) is 1. The summed E-state index contributed by atoms with van der Waals surface area (Å²) in [6.45, 7) is 7.36. The average Bonchev–Trinajstić information content (AvgIpc) is 2.77. The van der Waals surface area contributed by atoms with Crippen LogP contribution >= 0.6 is 11.6 Å². The fourth-order valence-corrected chi connectivity index (χ4v) is 5.53. The summed E-state index contributed by atoms with van der Waals surface area (Å²) in [6.07, 6.45) is 0. The van der Waals surface area contributed by atoms with Gasteiger partial charge in [0, 0.05) is 5.69 Å². The van der Waals surface area contributed by atoms with Gasteiger partial charge in [0.15, 0.2) is 0 Å².